The van der Waals surface area contributed by atoms with Crippen LogP contribution in [0.4, 0.5) is 0 Å². The Hall–Kier alpha value is -10.9. The Labute approximate surface area is 485 Å². The molecule has 0 fully saturated rings. The summed E-state index contributed by atoms with van der Waals surface area (Å²) >= 11 is 0. The van der Waals surface area contributed by atoms with E-state index in [1.165, 1.54) is 197 Å². The van der Waals surface area contributed by atoms with Crippen molar-refractivity contribution in [2.45, 2.75) is 0 Å². The minimum Gasteiger partial charge on any atom is -0.0622 e. The van der Waals surface area contributed by atoms with E-state index in [1.54, 1.807) is 0 Å². The first-order valence-electron chi connectivity index (χ1n) is 29.4. The standard InChI is InChI=1S/C84H48/c1-3-18-49(19-4-1)55-26-17-27-56(46-55)73-61-30-13-14-31-62(61)74(57-36-34-50-20-7-9-24-53(50)47-57)82-70-43-39-66-68-41-45-72-80-71(44-40-67(77(68)80)65-38-42-69(81(73)82)79(70)76(65)66)83-75(58-37-35-51-21-8-10-25-54(51)48-58)63-32-15-16-33-64(63)78(84(72)83)60-29-12-11-28-59(60)52-22-5-2-6-23-52/h1-48H. The van der Waals surface area contributed by atoms with Gasteiger partial charge in [0.15, 0.2) is 0 Å². The first-order chi connectivity index (χ1) is 41.7. The van der Waals surface area contributed by atoms with Crippen molar-refractivity contribution in [3.8, 4) is 111 Å². The van der Waals surface area contributed by atoms with Crippen LogP contribution in [0.5, 0.6) is 0 Å². The highest BCUT2D eigenvalue weighted by molar-refractivity contribution is 6.42. The fourth-order valence-electron chi connectivity index (χ4n) is 15.6. The van der Waals surface area contributed by atoms with E-state index in [1.807, 2.05) is 0 Å². The van der Waals surface area contributed by atoms with Crippen molar-refractivity contribution in [1.82, 2.24) is 0 Å². The van der Waals surface area contributed by atoms with Crippen LogP contribution < -0.4 is 0 Å². The normalized spacial score (nSPS) is 12.3. The van der Waals surface area contributed by atoms with E-state index in [0.717, 1.165) is 0 Å². The zero-order chi connectivity index (χ0) is 54.7. The maximum Gasteiger partial charge on any atom is -0.000718 e. The van der Waals surface area contributed by atoms with E-state index >= 15 is 0 Å². The highest BCUT2D eigenvalue weighted by atomic mass is 14.4. The molecule has 0 heterocycles. The highest BCUT2D eigenvalue weighted by Gasteiger charge is 2.36. The lowest BCUT2D eigenvalue weighted by atomic mass is 9.80. The van der Waals surface area contributed by atoms with E-state index in [9.17, 15) is 0 Å². The van der Waals surface area contributed by atoms with Gasteiger partial charge in [-0.15, -0.1) is 0 Å². The molecular weight excluding hydrogens is 1010 g/mol. The van der Waals surface area contributed by atoms with Crippen LogP contribution in [0, 0.1) is 0 Å². The Bertz CT molecular complexity index is 5680. The van der Waals surface area contributed by atoms with Gasteiger partial charge in [0.2, 0.25) is 0 Å². The van der Waals surface area contributed by atoms with Crippen LogP contribution in [0.3, 0.4) is 0 Å². The lowest BCUT2D eigenvalue weighted by molar-refractivity contribution is 1.59. The quantitative estimate of drug-likeness (QED) is 0.115. The Morgan fingerprint density at radius 3 is 0.952 bits per heavy atom. The summed E-state index contributed by atoms with van der Waals surface area (Å²) in [5.41, 5.74) is 25.4. The topological polar surface area (TPSA) is 0 Å². The molecule has 0 aliphatic heterocycles. The van der Waals surface area contributed by atoms with E-state index in [-0.39, 0.29) is 0 Å². The van der Waals surface area contributed by atoms with Gasteiger partial charge in [-0.3, -0.25) is 0 Å². The second-order valence-electron chi connectivity index (χ2n) is 23.2. The van der Waals surface area contributed by atoms with E-state index < -0.39 is 0 Å². The molecule has 2 aliphatic rings. The molecule has 2 aliphatic carbocycles. The Morgan fingerprint density at radius 1 is 0.131 bits per heavy atom. The van der Waals surface area contributed by atoms with E-state index in [4.69, 9.17) is 0 Å². The molecule has 0 atom stereocenters. The minimum absolute atomic E-state index is 1.21. The van der Waals surface area contributed by atoms with Gasteiger partial charge in [0, 0.05) is 0 Å². The maximum absolute atomic E-state index is 2.48. The van der Waals surface area contributed by atoms with Crippen LogP contribution >= 0.6 is 0 Å². The molecule has 0 nitrogen and oxygen atoms in total. The third-order valence-electron chi connectivity index (χ3n) is 19.0. The summed E-state index contributed by atoms with van der Waals surface area (Å²) in [5, 5.41) is 20.6. The Balaban J connectivity index is 0.920. The highest BCUT2D eigenvalue weighted by Crippen LogP contribution is 2.63. The molecule has 384 valence electrons. The molecule has 0 bridgehead atoms. The van der Waals surface area contributed by atoms with Gasteiger partial charge in [-0.05, 0) is 216 Å². The van der Waals surface area contributed by atoms with E-state index in [0.29, 0.717) is 0 Å². The Kier molecular flexibility index (Phi) is 9.43. The van der Waals surface area contributed by atoms with Crippen LogP contribution in [0.1, 0.15) is 0 Å². The molecule has 17 aromatic rings. The average Bonchev–Trinajstić information content (AvgIpc) is 1.58. The van der Waals surface area contributed by atoms with Gasteiger partial charge in [0.1, 0.15) is 0 Å². The number of hydrogen-bond donors (Lipinski definition) is 0. The molecule has 84 heavy (non-hydrogen) atoms. The van der Waals surface area contributed by atoms with Gasteiger partial charge in [0.25, 0.3) is 0 Å². The average molecular weight is 1060 g/mol. The number of benzene rings is 17. The van der Waals surface area contributed by atoms with Crippen molar-refractivity contribution in [1.29, 1.82) is 0 Å². The van der Waals surface area contributed by atoms with Crippen molar-refractivity contribution in [2.24, 2.45) is 0 Å². The molecule has 0 saturated heterocycles. The number of hydrogen-bond acceptors (Lipinski definition) is 0. The molecule has 0 saturated carbocycles. The van der Waals surface area contributed by atoms with Crippen molar-refractivity contribution >= 4 is 86.2 Å². The third-order valence-corrected chi connectivity index (χ3v) is 19.0. The molecule has 0 radical (unpaired) electrons. The zero-order valence-electron chi connectivity index (χ0n) is 45.7. The van der Waals surface area contributed by atoms with Crippen LogP contribution in [-0.4, -0.2) is 0 Å². The maximum atomic E-state index is 2.48. The SMILES string of the molecule is c1ccc(-c2cccc(-c3c4c(c(-c5ccc6ccccc6c5)c5ccccc35)-c3ccc5c6ccc7c8c(ccc(c9ccc-4c3c95)c86)-c3c-7c(-c4ccccc4-c4ccccc4)c4ccccc4c3-c3ccc4ccccc4c3)c2)cc1. The van der Waals surface area contributed by atoms with Crippen LogP contribution in [0.15, 0.2) is 291 Å². The van der Waals surface area contributed by atoms with Crippen molar-refractivity contribution in [3.05, 3.63) is 291 Å². The summed E-state index contributed by atoms with van der Waals surface area (Å²) in [7, 11) is 0. The zero-order valence-corrected chi connectivity index (χ0v) is 45.7. The summed E-state index contributed by atoms with van der Waals surface area (Å²) < 4.78 is 0. The largest absolute Gasteiger partial charge is 0.0622 e. The van der Waals surface area contributed by atoms with Crippen LogP contribution in [0.2, 0.25) is 0 Å². The van der Waals surface area contributed by atoms with Crippen LogP contribution in [-0.2, 0) is 0 Å². The molecular formula is C84H48. The second-order valence-corrected chi connectivity index (χ2v) is 23.2. The van der Waals surface area contributed by atoms with Gasteiger partial charge >= 0.3 is 0 Å². The monoisotopic (exact) mass is 1060 g/mol. The molecule has 0 aromatic heterocycles. The summed E-state index contributed by atoms with van der Waals surface area (Å²) in [6.07, 6.45) is 0. The summed E-state index contributed by atoms with van der Waals surface area (Å²) in [5.74, 6) is 0. The van der Waals surface area contributed by atoms with Crippen molar-refractivity contribution in [2.75, 3.05) is 0 Å². The molecule has 0 unspecified atom stereocenters. The van der Waals surface area contributed by atoms with Gasteiger partial charge in [-0.1, -0.05) is 273 Å². The summed E-state index contributed by atoms with van der Waals surface area (Å²) in [6, 6.07) is 110. The minimum atomic E-state index is 1.21. The number of rotatable bonds is 6. The van der Waals surface area contributed by atoms with Gasteiger partial charge < -0.3 is 0 Å². The van der Waals surface area contributed by atoms with Gasteiger partial charge in [-0.2, -0.15) is 0 Å². The first-order valence-corrected chi connectivity index (χ1v) is 29.4. The summed E-state index contributed by atoms with van der Waals surface area (Å²) in [6.45, 7) is 0. The van der Waals surface area contributed by atoms with Crippen molar-refractivity contribution in [3.63, 3.8) is 0 Å². The van der Waals surface area contributed by atoms with Crippen LogP contribution in [0.25, 0.3) is 197 Å². The molecule has 17 aromatic carbocycles. The fraction of sp³-hybridized carbons (Fsp3) is 0. The van der Waals surface area contributed by atoms with E-state index in [2.05, 4.69) is 291 Å². The fourth-order valence-corrected chi connectivity index (χ4v) is 15.6. The van der Waals surface area contributed by atoms with Gasteiger partial charge in [-0.25, -0.2) is 0 Å². The molecule has 0 spiro atoms. The van der Waals surface area contributed by atoms with Gasteiger partial charge in [0.05, 0.1) is 0 Å². The summed E-state index contributed by atoms with van der Waals surface area (Å²) in [4.78, 5) is 0. The first kappa shape index (κ1) is 45.8. The predicted molar refractivity (Wildman–Crippen MR) is 359 cm³/mol. The molecule has 0 amide bonds. The Morgan fingerprint density at radius 2 is 0.476 bits per heavy atom. The molecule has 0 heteroatoms. The lowest BCUT2D eigenvalue weighted by Gasteiger charge is -2.22. The molecule has 0 N–H and O–H groups in total. The third kappa shape index (κ3) is 6.26. The van der Waals surface area contributed by atoms with Crippen molar-refractivity contribution < 1.29 is 0 Å². The predicted octanol–water partition coefficient (Wildman–Crippen LogP) is 23.6. The number of fused-ring (bicyclic) bond motifs is 12. The smallest absolute Gasteiger partial charge is 0.000718 e. The second kappa shape index (κ2) is 17.3. The molecule has 19 rings (SSSR count). The lowest BCUT2D eigenvalue weighted by Crippen LogP contribution is -1.95.